The summed E-state index contributed by atoms with van der Waals surface area (Å²) in [4.78, 5) is 26.0. The smallest absolute Gasteiger partial charge is 0.320 e. The van der Waals surface area contributed by atoms with Gasteiger partial charge in [0.15, 0.2) is 9.84 Å². The van der Waals surface area contributed by atoms with Crippen molar-refractivity contribution in [2.75, 3.05) is 26.0 Å². The zero-order valence-electron chi connectivity index (χ0n) is 14.1. The van der Waals surface area contributed by atoms with Gasteiger partial charge in [-0.15, -0.1) is 11.3 Å². The molecular formula is C17H18FNO5S2. The van der Waals surface area contributed by atoms with Crippen LogP contribution in [0.1, 0.15) is 22.5 Å². The second-order valence-electron chi connectivity index (χ2n) is 6.17. The first-order valence-corrected chi connectivity index (χ1v) is 10.6. The summed E-state index contributed by atoms with van der Waals surface area (Å²) < 4.78 is 43.0. The van der Waals surface area contributed by atoms with Crippen LogP contribution in [0.4, 0.5) is 4.39 Å². The lowest BCUT2D eigenvalue weighted by molar-refractivity contribution is -0.137. The summed E-state index contributed by atoms with van der Waals surface area (Å²) in [5.74, 6) is -1.95. The lowest BCUT2D eigenvalue weighted by atomic mass is 10.1. The van der Waals surface area contributed by atoms with E-state index in [9.17, 15) is 22.4 Å². The van der Waals surface area contributed by atoms with E-state index in [4.69, 9.17) is 0 Å². The van der Waals surface area contributed by atoms with Crippen LogP contribution in [0.25, 0.3) is 10.1 Å². The highest BCUT2D eigenvalue weighted by atomic mass is 32.2. The van der Waals surface area contributed by atoms with Crippen molar-refractivity contribution in [3.63, 3.8) is 0 Å². The predicted octanol–water partition coefficient (Wildman–Crippen LogP) is 2.23. The van der Waals surface area contributed by atoms with E-state index in [0.717, 1.165) is 11.8 Å². The fourth-order valence-corrected chi connectivity index (χ4v) is 5.66. The Morgan fingerprint density at radius 1 is 1.27 bits per heavy atom. The third-order valence-electron chi connectivity index (χ3n) is 4.47. The summed E-state index contributed by atoms with van der Waals surface area (Å²) in [5.41, 5.74) is 0. The molecule has 1 amide bonds. The molecule has 1 fully saturated rings. The minimum absolute atomic E-state index is 0.185. The number of rotatable bonds is 4. The lowest BCUT2D eigenvalue weighted by Crippen LogP contribution is -2.43. The number of carbonyl (C=O) groups excluding carboxylic acids is 2. The molecule has 0 aliphatic carbocycles. The van der Waals surface area contributed by atoms with Crippen molar-refractivity contribution in [1.29, 1.82) is 0 Å². The van der Waals surface area contributed by atoms with Gasteiger partial charge in [0.2, 0.25) is 0 Å². The third kappa shape index (κ3) is 3.88. The summed E-state index contributed by atoms with van der Waals surface area (Å²) in [7, 11) is -2.44. The largest absolute Gasteiger partial charge is 0.468 e. The summed E-state index contributed by atoms with van der Waals surface area (Å²) in [6.07, 6.45) is 0.565. The van der Waals surface area contributed by atoms with Gasteiger partial charge < -0.3 is 9.64 Å². The van der Waals surface area contributed by atoms with Gasteiger partial charge in [-0.05, 0) is 42.5 Å². The number of methoxy groups -OCH3 is 1. The summed E-state index contributed by atoms with van der Waals surface area (Å²) in [6.45, 7) is 0.596. The van der Waals surface area contributed by atoms with Crippen LogP contribution in [-0.2, 0) is 19.4 Å². The molecule has 140 valence electrons. The van der Waals surface area contributed by atoms with Gasteiger partial charge in [-0.3, -0.25) is 9.59 Å². The predicted molar refractivity (Wildman–Crippen MR) is 96.5 cm³/mol. The van der Waals surface area contributed by atoms with Crippen molar-refractivity contribution in [3.8, 4) is 0 Å². The Bertz CT molecular complexity index is 945. The Morgan fingerprint density at radius 3 is 2.62 bits per heavy atom. The first kappa shape index (κ1) is 18.8. The molecule has 0 saturated carbocycles. The quantitative estimate of drug-likeness (QED) is 0.737. The Hall–Kier alpha value is -2.00. The minimum atomic E-state index is -3.59. The standard InChI is InChI=1S/C17H18FNO5S2/c1-24-16(20)10-26(22,23)13-4-6-19(7-5-13)17(21)15-9-11-8-12(18)2-3-14(11)25-15/h2-3,8-9,13H,4-7,10H2,1H3. The van der Waals surface area contributed by atoms with Crippen LogP contribution in [-0.4, -0.2) is 56.4 Å². The van der Waals surface area contributed by atoms with E-state index >= 15 is 0 Å². The van der Waals surface area contributed by atoms with Crippen LogP contribution < -0.4 is 0 Å². The Balaban J connectivity index is 1.67. The van der Waals surface area contributed by atoms with Crippen LogP contribution in [0.3, 0.4) is 0 Å². The molecule has 0 bridgehead atoms. The summed E-state index contributed by atoms with van der Waals surface area (Å²) >= 11 is 1.29. The lowest BCUT2D eigenvalue weighted by Gasteiger charge is -2.31. The number of piperidine rings is 1. The third-order valence-corrected chi connectivity index (χ3v) is 7.70. The Morgan fingerprint density at radius 2 is 1.96 bits per heavy atom. The normalized spacial score (nSPS) is 16.0. The number of thiophene rings is 1. The number of ether oxygens (including phenoxy) is 1. The number of hydrogen-bond acceptors (Lipinski definition) is 6. The van der Waals surface area contributed by atoms with E-state index in [0.29, 0.717) is 23.4 Å². The van der Waals surface area contributed by atoms with Gasteiger partial charge in [0.25, 0.3) is 5.91 Å². The molecule has 1 aliphatic heterocycles. The molecule has 3 rings (SSSR count). The Kier molecular flexibility index (Phi) is 5.29. The number of sulfone groups is 1. The molecular weight excluding hydrogens is 381 g/mol. The fourth-order valence-electron chi connectivity index (χ4n) is 3.03. The SMILES string of the molecule is COC(=O)CS(=O)(=O)C1CCN(C(=O)c2cc3cc(F)ccc3s2)CC1. The number of hydrogen-bond donors (Lipinski definition) is 0. The number of halogens is 1. The van der Waals surface area contributed by atoms with Gasteiger partial charge in [-0.25, -0.2) is 12.8 Å². The monoisotopic (exact) mass is 399 g/mol. The second kappa shape index (κ2) is 7.32. The zero-order valence-corrected chi connectivity index (χ0v) is 15.7. The maximum absolute atomic E-state index is 13.3. The number of carbonyl (C=O) groups is 2. The summed E-state index contributed by atoms with van der Waals surface area (Å²) in [5, 5.41) is 0.0241. The molecule has 0 radical (unpaired) electrons. The minimum Gasteiger partial charge on any atom is -0.468 e. The molecule has 0 unspecified atom stereocenters. The topological polar surface area (TPSA) is 80.8 Å². The van der Waals surface area contributed by atoms with Crippen LogP contribution in [0.15, 0.2) is 24.3 Å². The number of likely N-dealkylation sites (tertiary alicyclic amines) is 1. The molecule has 1 saturated heterocycles. The van der Waals surface area contributed by atoms with Gasteiger partial charge in [-0.2, -0.15) is 0 Å². The first-order chi connectivity index (χ1) is 12.3. The summed E-state index contributed by atoms with van der Waals surface area (Å²) in [6, 6.07) is 6.03. The number of benzene rings is 1. The second-order valence-corrected chi connectivity index (χ2v) is 9.53. The molecule has 0 atom stereocenters. The van der Waals surface area contributed by atoms with E-state index in [2.05, 4.69) is 4.74 Å². The van der Waals surface area contributed by atoms with Crippen LogP contribution >= 0.6 is 11.3 Å². The van der Waals surface area contributed by atoms with E-state index in [1.165, 1.54) is 23.5 Å². The zero-order chi connectivity index (χ0) is 18.9. The van der Waals surface area contributed by atoms with Gasteiger partial charge in [0.05, 0.1) is 17.2 Å². The first-order valence-electron chi connectivity index (χ1n) is 8.07. The van der Waals surface area contributed by atoms with Crippen LogP contribution in [0, 0.1) is 5.82 Å². The number of amides is 1. The molecule has 2 aromatic rings. The molecule has 6 nitrogen and oxygen atoms in total. The molecule has 1 aliphatic rings. The van der Waals surface area contributed by atoms with E-state index in [1.807, 2.05) is 0 Å². The molecule has 0 N–H and O–H groups in total. The average molecular weight is 399 g/mol. The van der Waals surface area contributed by atoms with Crippen LogP contribution in [0.2, 0.25) is 0 Å². The molecule has 0 spiro atoms. The van der Waals surface area contributed by atoms with Crippen molar-refractivity contribution in [3.05, 3.63) is 35.0 Å². The van der Waals surface area contributed by atoms with Crippen molar-refractivity contribution in [1.82, 2.24) is 4.90 Å². The van der Waals surface area contributed by atoms with Gasteiger partial charge in [-0.1, -0.05) is 0 Å². The van der Waals surface area contributed by atoms with Gasteiger partial charge in [0.1, 0.15) is 11.6 Å². The van der Waals surface area contributed by atoms with Crippen molar-refractivity contribution < 1.29 is 27.1 Å². The molecule has 9 heteroatoms. The van der Waals surface area contributed by atoms with Crippen molar-refractivity contribution in [2.45, 2.75) is 18.1 Å². The number of nitrogens with zero attached hydrogens (tertiary/aromatic N) is 1. The number of fused-ring (bicyclic) bond motifs is 1. The van der Waals surface area contributed by atoms with E-state index in [1.54, 1.807) is 17.0 Å². The highest BCUT2D eigenvalue weighted by molar-refractivity contribution is 7.92. The average Bonchev–Trinajstić information content (AvgIpc) is 3.03. The van der Waals surface area contributed by atoms with Gasteiger partial charge in [0, 0.05) is 17.8 Å². The fraction of sp³-hybridized carbons (Fsp3) is 0.412. The molecule has 1 aromatic heterocycles. The highest BCUT2D eigenvalue weighted by Gasteiger charge is 2.33. The van der Waals surface area contributed by atoms with Gasteiger partial charge >= 0.3 is 5.97 Å². The Labute approximate surface area is 154 Å². The number of esters is 1. The van der Waals surface area contributed by atoms with Crippen molar-refractivity contribution in [2.24, 2.45) is 0 Å². The maximum Gasteiger partial charge on any atom is 0.320 e. The van der Waals surface area contributed by atoms with Crippen molar-refractivity contribution >= 4 is 43.1 Å². The molecule has 1 aromatic carbocycles. The molecule has 2 heterocycles. The highest BCUT2D eigenvalue weighted by Crippen LogP contribution is 2.28. The van der Waals surface area contributed by atoms with Crippen LogP contribution in [0.5, 0.6) is 0 Å². The molecule has 26 heavy (non-hydrogen) atoms. The maximum atomic E-state index is 13.3. The van der Waals surface area contributed by atoms with E-state index in [-0.39, 0.29) is 24.6 Å². The van der Waals surface area contributed by atoms with E-state index < -0.39 is 26.8 Å².